The molecule has 0 aliphatic rings. The summed E-state index contributed by atoms with van der Waals surface area (Å²) in [6, 6.07) is 16.2. The highest BCUT2D eigenvalue weighted by Gasteiger charge is 2.12. The van der Waals surface area contributed by atoms with Gasteiger partial charge in [-0.15, -0.1) is 0 Å². The summed E-state index contributed by atoms with van der Waals surface area (Å²) in [5, 5.41) is 9.29. The summed E-state index contributed by atoms with van der Waals surface area (Å²) in [6.07, 6.45) is 2.58. The van der Waals surface area contributed by atoms with Crippen molar-refractivity contribution < 1.29 is 4.39 Å². The molecule has 0 fully saturated rings. The summed E-state index contributed by atoms with van der Waals surface area (Å²) < 4.78 is 16.9. The van der Waals surface area contributed by atoms with Crippen molar-refractivity contribution >= 4 is 29.2 Å². The Hall–Kier alpha value is -2.42. The normalized spacial score (nSPS) is 9.81. The van der Waals surface area contributed by atoms with Crippen LogP contribution in [0.2, 0.25) is 5.15 Å². The summed E-state index contributed by atoms with van der Waals surface area (Å²) >= 11 is 7.46. The predicted octanol–water partition coefficient (Wildman–Crippen LogP) is 6.42. The third-order valence-corrected chi connectivity index (χ3v) is 4.87. The molecule has 0 unspecified atom stereocenters. The number of aromatic nitrogens is 1. The Morgan fingerprint density at radius 1 is 1.19 bits per heavy atom. The van der Waals surface area contributed by atoms with Crippen molar-refractivity contribution in [1.82, 2.24) is 4.98 Å². The van der Waals surface area contributed by atoms with Gasteiger partial charge in [0.25, 0.3) is 0 Å². The fourth-order valence-electron chi connectivity index (χ4n) is 2.25. The van der Waals surface area contributed by atoms with Crippen LogP contribution in [0.25, 0.3) is 0 Å². The number of nitrogens with zero attached hydrogens (tertiary/aromatic N) is 1. The molecule has 6 heteroatoms. The van der Waals surface area contributed by atoms with E-state index in [1.165, 1.54) is 29.6 Å². The van der Waals surface area contributed by atoms with Crippen molar-refractivity contribution in [3.8, 4) is 6.07 Å². The van der Waals surface area contributed by atoms with Gasteiger partial charge >= 0.3 is 0 Å². The van der Waals surface area contributed by atoms with Gasteiger partial charge in [-0.25, -0.2) is 4.39 Å². The van der Waals surface area contributed by atoms with Crippen molar-refractivity contribution in [3.63, 3.8) is 0 Å². The Morgan fingerprint density at radius 2 is 1.92 bits per heavy atom. The van der Waals surface area contributed by atoms with Crippen LogP contribution in [0.3, 0.4) is 0 Å². The van der Waals surface area contributed by atoms with Gasteiger partial charge < -0.3 is 9.71 Å². The van der Waals surface area contributed by atoms with Crippen LogP contribution < -0.4 is 4.72 Å². The van der Waals surface area contributed by atoms with Gasteiger partial charge in [0.15, 0.2) is 0 Å². The van der Waals surface area contributed by atoms with Gasteiger partial charge in [0.2, 0.25) is 0 Å². The quantitative estimate of drug-likeness (QED) is 0.497. The Balaban J connectivity index is 0.00000117. The van der Waals surface area contributed by atoms with E-state index in [-0.39, 0.29) is 5.56 Å². The first-order chi connectivity index (χ1) is 12.7. The second-order valence-electron chi connectivity index (χ2n) is 5.13. The maximum atomic E-state index is 13.9. The number of halogens is 2. The minimum atomic E-state index is -0.474. The molecule has 3 aromatic rings. The number of aromatic amines is 1. The fourth-order valence-corrected chi connectivity index (χ4v) is 3.33. The predicted molar refractivity (Wildman–Crippen MR) is 107 cm³/mol. The zero-order valence-corrected chi connectivity index (χ0v) is 16.1. The molecule has 0 aliphatic heterocycles. The number of hydrogen-bond donors (Lipinski definition) is 2. The number of benzene rings is 2. The second-order valence-corrected chi connectivity index (χ2v) is 6.32. The number of hydrogen-bond acceptors (Lipinski definition) is 3. The standard InChI is InChI=1S/C18H13ClFN3S.C2H6/c19-18-17(14(11-22-18)8-12-4-2-1-3-5-12)24-23-16-7-6-13(10-21)9-15(16)20;1-2/h1-7,9,11,22-23H,8H2;1-2H3. The first-order valence-corrected chi connectivity index (χ1v) is 9.39. The molecule has 3 nitrogen and oxygen atoms in total. The first-order valence-electron chi connectivity index (χ1n) is 8.19. The molecule has 3 rings (SSSR count). The smallest absolute Gasteiger partial charge is 0.148 e. The molecule has 1 aromatic heterocycles. The van der Waals surface area contributed by atoms with E-state index in [1.54, 1.807) is 6.07 Å². The van der Waals surface area contributed by atoms with Crippen LogP contribution in [0.15, 0.2) is 59.6 Å². The van der Waals surface area contributed by atoms with Crippen LogP contribution in [-0.4, -0.2) is 4.98 Å². The second kappa shape index (κ2) is 9.91. The van der Waals surface area contributed by atoms with Crippen molar-refractivity contribution in [2.24, 2.45) is 0 Å². The van der Waals surface area contributed by atoms with Crippen LogP contribution in [0, 0.1) is 17.1 Å². The third kappa shape index (κ3) is 5.04. The number of H-pyrrole nitrogens is 1. The number of nitriles is 1. The molecule has 0 saturated heterocycles. The van der Waals surface area contributed by atoms with E-state index in [4.69, 9.17) is 16.9 Å². The van der Waals surface area contributed by atoms with Crippen molar-refractivity contribution in [2.45, 2.75) is 25.2 Å². The maximum Gasteiger partial charge on any atom is 0.148 e. The van der Waals surface area contributed by atoms with E-state index in [1.807, 2.05) is 56.4 Å². The molecule has 2 aromatic carbocycles. The first kappa shape index (κ1) is 19.9. The highest BCUT2D eigenvalue weighted by Crippen LogP contribution is 2.33. The third-order valence-electron chi connectivity index (χ3n) is 3.46. The Bertz CT molecular complexity index is 888. The van der Waals surface area contributed by atoms with Gasteiger partial charge in [0.05, 0.1) is 22.2 Å². The number of rotatable bonds is 5. The topological polar surface area (TPSA) is 51.6 Å². The number of nitrogens with one attached hydrogen (secondary N) is 2. The molecule has 0 spiro atoms. The van der Waals surface area contributed by atoms with Gasteiger partial charge in [-0.1, -0.05) is 55.8 Å². The molecule has 2 N–H and O–H groups in total. The van der Waals surface area contributed by atoms with Crippen molar-refractivity contribution in [2.75, 3.05) is 4.72 Å². The average Bonchev–Trinajstić information content (AvgIpc) is 3.02. The van der Waals surface area contributed by atoms with Gasteiger partial charge in [-0.05, 0) is 41.3 Å². The van der Waals surface area contributed by atoms with Gasteiger partial charge in [-0.2, -0.15) is 5.26 Å². The molecule has 0 saturated carbocycles. The highest BCUT2D eigenvalue weighted by atomic mass is 35.5. The van der Waals surface area contributed by atoms with Crippen LogP contribution >= 0.6 is 23.5 Å². The minimum absolute atomic E-state index is 0.285. The lowest BCUT2D eigenvalue weighted by Gasteiger charge is -2.08. The van der Waals surface area contributed by atoms with Gasteiger partial charge in [0, 0.05) is 12.6 Å². The lowest BCUT2D eigenvalue weighted by Crippen LogP contribution is -1.94. The monoisotopic (exact) mass is 387 g/mol. The highest BCUT2D eigenvalue weighted by molar-refractivity contribution is 8.00. The molecule has 0 aliphatic carbocycles. The van der Waals surface area contributed by atoms with Crippen LogP contribution in [0.1, 0.15) is 30.5 Å². The minimum Gasteiger partial charge on any atom is -0.351 e. The summed E-state index contributed by atoms with van der Waals surface area (Å²) in [6.45, 7) is 4.00. The molecule has 1 heterocycles. The SMILES string of the molecule is CC.N#Cc1ccc(NSc2c(Cc3ccccc3)c[nH]c2Cl)c(F)c1. The zero-order chi connectivity index (χ0) is 18.9. The van der Waals surface area contributed by atoms with Crippen LogP contribution in [-0.2, 0) is 6.42 Å². The Kier molecular flexibility index (Phi) is 7.58. The van der Waals surface area contributed by atoms with Crippen molar-refractivity contribution in [1.29, 1.82) is 5.26 Å². The lowest BCUT2D eigenvalue weighted by molar-refractivity contribution is 0.632. The van der Waals surface area contributed by atoms with Gasteiger partial charge in [-0.3, -0.25) is 0 Å². The maximum absolute atomic E-state index is 13.9. The molecule has 26 heavy (non-hydrogen) atoms. The van der Waals surface area contributed by atoms with E-state index >= 15 is 0 Å². The van der Waals surface area contributed by atoms with Crippen LogP contribution in [0.4, 0.5) is 10.1 Å². The van der Waals surface area contributed by atoms with Crippen LogP contribution in [0.5, 0.6) is 0 Å². The van der Waals surface area contributed by atoms with Gasteiger partial charge in [0.1, 0.15) is 11.0 Å². The molecule has 0 radical (unpaired) electrons. The van der Waals surface area contributed by atoms with Crippen molar-refractivity contribution in [3.05, 3.63) is 82.4 Å². The van der Waals surface area contributed by atoms with E-state index in [9.17, 15) is 4.39 Å². The zero-order valence-electron chi connectivity index (χ0n) is 14.5. The molecular weight excluding hydrogens is 369 g/mol. The van der Waals surface area contributed by atoms with E-state index < -0.39 is 5.82 Å². The van der Waals surface area contributed by atoms with E-state index in [0.29, 0.717) is 10.8 Å². The molecule has 134 valence electrons. The lowest BCUT2D eigenvalue weighted by atomic mass is 10.1. The van der Waals surface area contributed by atoms with E-state index in [2.05, 4.69) is 9.71 Å². The summed E-state index contributed by atoms with van der Waals surface area (Å²) in [5.74, 6) is -0.474. The molecular formula is C20H19ClFN3S. The molecule has 0 bridgehead atoms. The summed E-state index contributed by atoms with van der Waals surface area (Å²) in [4.78, 5) is 3.82. The molecule has 0 amide bonds. The fraction of sp³-hybridized carbons (Fsp3) is 0.150. The molecule has 0 atom stereocenters. The average molecular weight is 388 g/mol. The number of anilines is 1. The largest absolute Gasteiger partial charge is 0.351 e. The Labute approximate surface area is 162 Å². The Morgan fingerprint density at radius 3 is 2.58 bits per heavy atom. The summed E-state index contributed by atoms with van der Waals surface area (Å²) in [5.41, 5.74) is 2.78. The summed E-state index contributed by atoms with van der Waals surface area (Å²) in [7, 11) is 0. The van der Waals surface area contributed by atoms with E-state index in [0.717, 1.165) is 16.9 Å².